The zero-order valence-corrected chi connectivity index (χ0v) is 15.1. The molecule has 2 unspecified atom stereocenters. The summed E-state index contributed by atoms with van der Waals surface area (Å²) in [7, 11) is 1.23. The monoisotopic (exact) mass is 286 g/mol. The summed E-state index contributed by atoms with van der Waals surface area (Å²) >= 11 is 0. The lowest BCUT2D eigenvalue weighted by Gasteiger charge is -2.16. The van der Waals surface area contributed by atoms with E-state index in [0.29, 0.717) is 0 Å². The summed E-state index contributed by atoms with van der Waals surface area (Å²) < 4.78 is 0. The molecule has 2 atom stereocenters. The van der Waals surface area contributed by atoms with Crippen LogP contribution in [0.2, 0.25) is 0 Å². The molecule has 0 N–H and O–H groups in total. The molecule has 1 heteroatoms. The van der Waals surface area contributed by atoms with Crippen LogP contribution in [-0.4, -0.2) is 12.3 Å². The average molecular weight is 286 g/mol. The van der Waals surface area contributed by atoms with E-state index < -0.39 is 0 Å². The Bertz CT molecular complexity index is 149. The van der Waals surface area contributed by atoms with Crippen LogP contribution in [0.5, 0.6) is 0 Å². The number of hydrogen-bond donors (Lipinski definition) is 0. The fourth-order valence-corrected chi connectivity index (χ4v) is 4.30. The first-order valence-corrected chi connectivity index (χ1v) is 10.4. The van der Waals surface area contributed by atoms with Crippen LogP contribution >= 0.6 is 8.58 Å². The standard InChI is InChI=1S/C18H39P/c1-5-9-11-17(7-3)13-15-19-16-14-18(8-4)12-10-6-2/h17-19H,5-16H2,1-4H3. The van der Waals surface area contributed by atoms with Gasteiger partial charge in [0.2, 0.25) is 0 Å². The van der Waals surface area contributed by atoms with Gasteiger partial charge in [0.25, 0.3) is 0 Å². The summed E-state index contributed by atoms with van der Waals surface area (Å²) in [6, 6.07) is 0. The highest BCUT2D eigenvalue weighted by molar-refractivity contribution is 7.37. The Labute approximate surface area is 125 Å². The minimum Gasteiger partial charge on any atom is -0.122 e. The van der Waals surface area contributed by atoms with Gasteiger partial charge in [0.15, 0.2) is 0 Å². The fraction of sp³-hybridized carbons (Fsp3) is 1.00. The van der Waals surface area contributed by atoms with Crippen LogP contribution in [0, 0.1) is 11.8 Å². The summed E-state index contributed by atoms with van der Waals surface area (Å²) in [4.78, 5) is 0. The highest BCUT2D eigenvalue weighted by Crippen LogP contribution is 2.25. The molecule has 19 heavy (non-hydrogen) atoms. The molecule has 0 bridgehead atoms. The molecule has 0 saturated carbocycles. The van der Waals surface area contributed by atoms with Crippen molar-refractivity contribution in [2.75, 3.05) is 12.3 Å². The second-order valence-corrected chi connectivity index (χ2v) is 7.66. The van der Waals surface area contributed by atoms with Crippen molar-refractivity contribution in [2.24, 2.45) is 11.8 Å². The van der Waals surface area contributed by atoms with Crippen LogP contribution in [0.25, 0.3) is 0 Å². The number of rotatable bonds is 14. The van der Waals surface area contributed by atoms with Gasteiger partial charge in [-0.25, -0.2) is 0 Å². The van der Waals surface area contributed by atoms with Crippen molar-refractivity contribution in [1.82, 2.24) is 0 Å². The molecule has 0 aliphatic heterocycles. The zero-order valence-electron chi connectivity index (χ0n) is 14.1. The predicted molar refractivity (Wildman–Crippen MR) is 93.9 cm³/mol. The Kier molecular flexibility index (Phi) is 15.2. The fourth-order valence-electron chi connectivity index (χ4n) is 2.83. The summed E-state index contributed by atoms with van der Waals surface area (Å²) in [5, 5.41) is 0. The minimum absolute atomic E-state index is 1.02. The van der Waals surface area contributed by atoms with Crippen LogP contribution in [0.1, 0.15) is 91.9 Å². The van der Waals surface area contributed by atoms with E-state index in [2.05, 4.69) is 27.7 Å². The third-order valence-electron chi connectivity index (χ3n) is 4.55. The van der Waals surface area contributed by atoms with Crippen LogP contribution in [0.15, 0.2) is 0 Å². The summed E-state index contributed by atoms with van der Waals surface area (Å²) in [5.74, 6) is 2.05. The third kappa shape index (κ3) is 11.9. The van der Waals surface area contributed by atoms with Gasteiger partial charge in [0, 0.05) is 0 Å². The molecule has 0 aliphatic rings. The van der Waals surface area contributed by atoms with Gasteiger partial charge in [-0.3, -0.25) is 0 Å². The molecule has 116 valence electrons. The van der Waals surface area contributed by atoms with Gasteiger partial charge in [-0.15, -0.1) is 8.58 Å². The molecule has 0 radical (unpaired) electrons. The maximum atomic E-state index is 2.38. The lowest BCUT2D eigenvalue weighted by atomic mass is 9.97. The lowest BCUT2D eigenvalue weighted by Crippen LogP contribution is -2.02. The van der Waals surface area contributed by atoms with E-state index >= 15 is 0 Å². The van der Waals surface area contributed by atoms with Crippen molar-refractivity contribution >= 4 is 8.58 Å². The van der Waals surface area contributed by atoms with Gasteiger partial charge in [-0.2, -0.15) is 0 Å². The smallest absolute Gasteiger partial charge is 0.0351 e. The SMILES string of the molecule is CCCCC(CC)CCPCCC(CC)CCCC. The Morgan fingerprint density at radius 1 is 0.632 bits per heavy atom. The van der Waals surface area contributed by atoms with E-state index in [0.717, 1.165) is 11.8 Å². The van der Waals surface area contributed by atoms with Gasteiger partial charge < -0.3 is 0 Å². The molecule has 0 rings (SSSR count). The Balaban J connectivity index is 3.50. The molecule has 0 fully saturated rings. The van der Waals surface area contributed by atoms with Crippen molar-refractivity contribution in [2.45, 2.75) is 91.9 Å². The summed E-state index contributed by atoms with van der Waals surface area (Å²) in [6.45, 7) is 9.38. The molecular formula is C18H39P. The Morgan fingerprint density at radius 2 is 1.05 bits per heavy atom. The molecule has 0 heterocycles. The summed E-state index contributed by atoms with van der Waals surface area (Å²) in [5.41, 5.74) is 0. The summed E-state index contributed by atoms with van der Waals surface area (Å²) in [6.07, 6.45) is 17.4. The first kappa shape index (κ1) is 19.4. The first-order valence-electron chi connectivity index (χ1n) is 8.99. The third-order valence-corrected chi connectivity index (χ3v) is 5.83. The van der Waals surface area contributed by atoms with Crippen molar-refractivity contribution in [1.29, 1.82) is 0 Å². The largest absolute Gasteiger partial charge is 0.122 e. The molecule has 0 nitrogen and oxygen atoms in total. The maximum Gasteiger partial charge on any atom is -0.0351 e. The molecule has 0 saturated heterocycles. The van der Waals surface area contributed by atoms with Gasteiger partial charge >= 0.3 is 0 Å². The van der Waals surface area contributed by atoms with Gasteiger partial charge in [-0.05, 0) is 37.0 Å². The predicted octanol–water partition coefficient (Wildman–Crippen LogP) is 6.88. The minimum atomic E-state index is 1.02. The van der Waals surface area contributed by atoms with E-state index in [9.17, 15) is 0 Å². The zero-order chi connectivity index (χ0) is 14.3. The topological polar surface area (TPSA) is 0 Å². The number of unbranched alkanes of at least 4 members (excludes halogenated alkanes) is 2. The normalized spacial score (nSPS) is 15.2. The van der Waals surface area contributed by atoms with E-state index in [1.165, 1.54) is 85.1 Å². The van der Waals surface area contributed by atoms with E-state index in [-0.39, 0.29) is 0 Å². The van der Waals surface area contributed by atoms with Gasteiger partial charge in [0.1, 0.15) is 0 Å². The van der Waals surface area contributed by atoms with E-state index in [1.807, 2.05) is 0 Å². The molecule has 0 aromatic heterocycles. The average Bonchev–Trinajstić information content (AvgIpc) is 2.45. The highest BCUT2D eigenvalue weighted by Gasteiger charge is 2.07. The Morgan fingerprint density at radius 3 is 1.37 bits per heavy atom. The molecule has 0 aromatic carbocycles. The van der Waals surface area contributed by atoms with Crippen LogP contribution in [-0.2, 0) is 0 Å². The molecule has 0 amide bonds. The van der Waals surface area contributed by atoms with Crippen molar-refractivity contribution in [3.8, 4) is 0 Å². The number of hydrogen-bond acceptors (Lipinski definition) is 0. The lowest BCUT2D eigenvalue weighted by molar-refractivity contribution is 0.436. The van der Waals surface area contributed by atoms with Crippen molar-refractivity contribution in [3.63, 3.8) is 0 Å². The van der Waals surface area contributed by atoms with E-state index in [1.54, 1.807) is 0 Å². The van der Waals surface area contributed by atoms with Gasteiger partial charge in [0.05, 0.1) is 0 Å². The van der Waals surface area contributed by atoms with Gasteiger partial charge in [-0.1, -0.05) is 79.1 Å². The second-order valence-electron chi connectivity index (χ2n) is 6.16. The molecule has 0 aromatic rings. The maximum absolute atomic E-state index is 2.38. The quantitative estimate of drug-likeness (QED) is 0.241. The van der Waals surface area contributed by atoms with Crippen LogP contribution < -0.4 is 0 Å². The van der Waals surface area contributed by atoms with Crippen LogP contribution in [0.4, 0.5) is 0 Å². The molecule has 0 spiro atoms. The molecule has 0 aliphatic carbocycles. The van der Waals surface area contributed by atoms with E-state index in [4.69, 9.17) is 0 Å². The first-order chi connectivity index (χ1) is 9.28. The van der Waals surface area contributed by atoms with Crippen molar-refractivity contribution < 1.29 is 0 Å². The second kappa shape index (κ2) is 14.8. The van der Waals surface area contributed by atoms with Crippen molar-refractivity contribution in [3.05, 3.63) is 0 Å². The van der Waals surface area contributed by atoms with Crippen LogP contribution in [0.3, 0.4) is 0 Å². The molecular weight excluding hydrogens is 247 g/mol. The highest BCUT2D eigenvalue weighted by atomic mass is 31.1. The Hall–Kier alpha value is 0.430.